The third kappa shape index (κ3) is 0.700. The molecule has 2 nitrogen and oxygen atoms in total. The van der Waals surface area contributed by atoms with Crippen LogP contribution in [0.2, 0.25) is 0 Å². The third-order valence-electron chi connectivity index (χ3n) is 2.30. The van der Waals surface area contributed by atoms with Crippen LogP contribution < -0.4 is 0 Å². The number of fused-ring (bicyclic) bond motifs is 1. The van der Waals surface area contributed by atoms with E-state index in [4.69, 9.17) is 16.8 Å². The molecule has 2 fully saturated rings. The van der Waals surface area contributed by atoms with Gasteiger partial charge in [0.1, 0.15) is 0 Å². The van der Waals surface area contributed by atoms with E-state index >= 15 is 0 Å². The highest BCUT2D eigenvalue weighted by molar-refractivity contribution is 5.03. The lowest BCUT2D eigenvalue weighted by Crippen LogP contribution is -2.18. The van der Waals surface area contributed by atoms with E-state index in [2.05, 4.69) is 0 Å². The SMILES string of the molecule is [CH]C1O[C@H](CO)[C@@H]2CC12. The summed E-state index contributed by atoms with van der Waals surface area (Å²) in [5, 5.41) is 8.70. The molecule has 50 valence electrons. The minimum atomic E-state index is -0.0906. The zero-order chi connectivity index (χ0) is 6.43. The second-order valence-electron chi connectivity index (χ2n) is 2.89. The van der Waals surface area contributed by atoms with E-state index in [1.165, 1.54) is 0 Å². The molecule has 0 aromatic heterocycles. The van der Waals surface area contributed by atoms with Gasteiger partial charge < -0.3 is 9.84 Å². The van der Waals surface area contributed by atoms with Crippen LogP contribution in [0.25, 0.3) is 0 Å². The standard InChI is InChI=1S/C7H10O2/c1-4-5-2-6(5)7(3-8)9-4/h1,4-8H,2-3H2/t4?,5?,6-,7-/m1/s1. The van der Waals surface area contributed by atoms with Gasteiger partial charge in [0.25, 0.3) is 0 Å². The molecule has 1 saturated heterocycles. The topological polar surface area (TPSA) is 29.5 Å². The smallest absolute Gasteiger partial charge is 0.0841 e. The molecule has 4 atom stereocenters. The van der Waals surface area contributed by atoms with Crippen LogP contribution in [0.5, 0.6) is 0 Å². The predicted molar refractivity (Wildman–Crippen MR) is 31.6 cm³/mol. The van der Waals surface area contributed by atoms with Crippen molar-refractivity contribution in [1.29, 1.82) is 0 Å². The molecule has 1 aliphatic carbocycles. The number of aliphatic hydroxyl groups is 1. The third-order valence-corrected chi connectivity index (χ3v) is 2.30. The fourth-order valence-electron chi connectivity index (χ4n) is 1.62. The summed E-state index contributed by atoms with van der Waals surface area (Å²) in [6, 6.07) is 0. The van der Waals surface area contributed by atoms with E-state index in [0.29, 0.717) is 11.8 Å². The molecule has 1 saturated carbocycles. The molecule has 2 rings (SSSR count). The van der Waals surface area contributed by atoms with Crippen molar-refractivity contribution in [1.82, 2.24) is 0 Å². The first kappa shape index (κ1) is 5.69. The summed E-state index contributed by atoms with van der Waals surface area (Å²) >= 11 is 0. The van der Waals surface area contributed by atoms with Gasteiger partial charge in [0.2, 0.25) is 0 Å². The van der Waals surface area contributed by atoms with Crippen LogP contribution in [-0.4, -0.2) is 23.9 Å². The summed E-state index contributed by atoms with van der Waals surface area (Å²) in [5.74, 6) is 1.13. The van der Waals surface area contributed by atoms with Gasteiger partial charge in [0, 0.05) is 0 Å². The molecular formula is C7H10O2. The monoisotopic (exact) mass is 126 g/mol. The van der Waals surface area contributed by atoms with Crippen LogP contribution >= 0.6 is 0 Å². The van der Waals surface area contributed by atoms with Gasteiger partial charge >= 0.3 is 0 Å². The maximum absolute atomic E-state index is 8.70. The quantitative estimate of drug-likeness (QED) is 0.539. The Bertz CT molecular complexity index is 124. The minimum Gasteiger partial charge on any atom is -0.394 e. The molecule has 1 aliphatic heterocycles. The van der Waals surface area contributed by atoms with Crippen LogP contribution in [0.4, 0.5) is 0 Å². The van der Waals surface area contributed by atoms with E-state index in [-0.39, 0.29) is 18.8 Å². The van der Waals surface area contributed by atoms with Crippen molar-refractivity contribution in [2.45, 2.75) is 18.6 Å². The number of hydrogen-bond donors (Lipinski definition) is 1. The fraction of sp³-hybridized carbons (Fsp3) is 0.857. The first-order valence-corrected chi connectivity index (χ1v) is 3.35. The molecular weight excluding hydrogens is 116 g/mol. The average Bonchev–Trinajstić information content (AvgIpc) is 2.56. The predicted octanol–water partition coefficient (Wildman–Crippen LogP) is 0.0933. The van der Waals surface area contributed by atoms with E-state index in [9.17, 15) is 0 Å². The molecule has 0 amide bonds. The number of hydrogen-bond acceptors (Lipinski definition) is 2. The van der Waals surface area contributed by atoms with Gasteiger partial charge in [-0.15, -0.1) is 0 Å². The Labute approximate surface area is 54.8 Å². The van der Waals surface area contributed by atoms with Crippen molar-refractivity contribution in [2.24, 2.45) is 11.8 Å². The lowest BCUT2D eigenvalue weighted by atomic mass is 10.2. The zero-order valence-electron chi connectivity index (χ0n) is 5.16. The maximum atomic E-state index is 8.70. The molecule has 1 heterocycles. The molecule has 0 bridgehead atoms. The summed E-state index contributed by atoms with van der Waals surface area (Å²) in [6.45, 7) is 5.69. The van der Waals surface area contributed by atoms with Gasteiger partial charge in [-0.2, -0.15) is 0 Å². The fourth-order valence-corrected chi connectivity index (χ4v) is 1.62. The second kappa shape index (κ2) is 1.70. The Hall–Kier alpha value is -0.0800. The highest BCUT2D eigenvalue weighted by Gasteiger charge is 2.53. The molecule has 9 heavy (non-hydrogen) atoms. The maximum Gasteiger partial charge on any atom is 0.0841 e. The molecule has 0 aromatic carbocycles. The van der Waals surface area contributed by atoms with Crippen LogP contribution in [0.3, 0.4) is 0 Å². The Morgan fingerprint density at radius 2 is 2.33 bits per heavy atom. The van der Waals surface area contributed by atoms with Crippen LogP contribution in [0, 0.1) is 18.8 Å². The highest BCUT2D eigenvalue weighted by Crippen LogP contribution is 2.51. The molecule has 2 aliphatic rings. The molecule has 1 N–H and O–H groups in total. The van der Waals surface area contributed by atoms with E-state index in [1.807, 2.05) is 0 Å². The van der Waals surface area contributed by atoms with Crippen LogP contribution in [0.1, 0.15) is 6.42 Å². The number of aliphatic hydroxyl groups excluding tert-OH is 1. The van der Waals surface area contributed by atoms with E-state index < -0.39 is 0 Å². The van der Waals surface area contributed by atoms with Crippen molar-refractivity contribution in [3.63, 3.8) is 0 Å². The number of ether oxygens (including phenoxy) is 1. The van der Waals surface area contributed by atoms with Crippen molar-refractivity contribution >= 4 is 0 Å². The molecule has 0 aromatic rings. The Kier molecular flexibility index (Phi) is 1.08. The van der Waals surface area contributed by atoms with Gasteiger partial charge in [-0.1, -0.05) is 0 Å². The Morgan fingerprint density at radius 1 is 1.56 bits per heavy atom. The summed E-state index contributed by atoms with van der Waals surface area (Å²) in [4.78, 5) is 0. The van der Waals surface area contributed by atoms with E-state index in [1.54, 1.807) is 0 Å². The average molecular weight is 126 g/mol. The minimum absolute atomic E-state index is 0.0463. The molecule has 0 spiro atoms. The van der Waals surface area contributed by atoms with Gasteiger partial charge in [0.15, 0.2) is 0 Å². The van der Waals surface area contributed by atoms with Crippen molar-refractivity contribution in [2.75, 3.05) is 6.61 Å². The summed E-state index contributed by atoms with van der Waals surface area (Å²) in [7, 11) is 0. The summed E-state index contributed by atoms with van der Waals surface area (Å²) in [5.41, 5.74) is 0. The Balaban J connectivity index is 2.00. The second-order valence-corrected chi connectivity index (χ2v) is 2.89. The van der Waals surface area contributed by atoms with Crippen LogP contribution in [0.15, 0.2) is 0 Å². The first-order valence-electron chi connectivity index (χ1n) is 3.35. The largest absolute Gasteiger partial charge is 0.394 e. The van der Waals surface area contributed by atoms with E-state index in [0.717, 1.165) is 6.42 Å². The normalized spacial score (nSPS) is 55.3. The van der Waals surface area contributed by atoms with Gasteiger partial charge in [-0.25, -0.2) is 0 Å². The van der Waals surface area contributed by atoms with Crippen molar-refractivity contribution < 1.29 is 9.84 Å². The van der Waals surface area contributed by atoms with Gasteiger partial charge in [-0.05, 0) is 25.2 Å². The lowest BCUT2D eigenvalue weighted by molar-refractivity contribution is 0.00360. The lowest BCUT2D eigenvalue weighted by Gasteiger charge is -2.11. The highest BCUT2D eigenvalue weighted by atomic mass is 16.5. The van der Waals surface area contributed by atoms with Crippen molar-refractivity contribution in [3.05, 3.63) is 6.92 Å². The van der Waals surface area contributed by atoms with Gasteiger partial charge in [0.05, 0.1) is 18.8 Å². The first-order chi connectivity index (χ1) is 4.33. The summed E-state index contributed by atoms with van der Waals surface area (Å²) < 4.78 is 5.20. The summed E-state index contributed by atoms with van der Waals surface area (Å²) in [6.07, 6.45) is 1.11. The molecule has 2 radical (unpaired) electrons. The molecule has 2 heteroatoms. The van der Waals surface area contributed by atoms with Crippen molar-refractivity contribution in [3.8, 4) is 0 Å². The zero-order valence-corrected chi connectivity index (χ0v) is 5.16. The molecule has 2 unspecified atom stereocenters. The number of rotatable bonds is 1. The Morgan fingerprint density at radius 3 is 2.56 bits per heavy atom. The van der Waals surface area contributed by atoms with Crippen LogP contribution in [-0.2, 0) is 4.74 Å². The van der Waals surface area contributed by atoms with Gasteiger partial charge in [-0.3, -0.25) is 0 Å².